The summed E-state index contributed by atoms with van der Waals surface area (Å²) in [4.78, 5) is 2.79. The summed E-state index contributed by atoms with van der Waals surface area (Å²) in [5.41, 5.74) is 0.757. The molecule has 1 saturated heterocycles. The van der Waals surface area contributed by atoms with Crippen molar-refractivity contribution < 1.29 is 8.42 Å². The molecule has 0 bridgehead atoms. The second kappa shape index (κ2) is 6.79. The molecular formula is C16H26N2O2S. The Morgan fingerprint density at radius 3 is 2.71 bits per heavy atom. The first-order valence-electron chi connectivity index (χ1n) is 7.72. The smallest absolute Gasteiger partial charge is 0.180 e. The number of nitrogens with zero attached hydrogens (tertiary/aromatic N) is 1. The summed E-state index contributed by atoms with van der Waals surface area (Å²) < 4.78 is 24.7. The number of piperidine rings is 1. The Morgan fingerprint density at radius 2 is 2.05 bits per heavy atom. The van der Waals surface area contributed by atoms with E-state index < -0.39 is 9.84 Å². The lowest BCUT2D eigenvalue weighted by atomic mass is 9.99. The van der Waals surface area contributed by atoms with E-state index in [0.717, 1.165) is 25.1 Å². The van der Waals surface area contributed by atoms with Gasteiger partial charge in [-0.15, -0.1) is 0 Å². The Bertz CT molecular complexity index is 571. The molecule has 1 aromatic rings. The molecule has 2 atom stereocenters. The molecule has 4 nitrogen and oxygen atoms in total. The minimum Gasteiger partial charge on any atom is -0.381 e. The molecule has 0 amide bonds. The average molecular weight is 310 g/mol. The highest BCUT2D eigenvalue weighted by Crippen LogP contribution is 2.26. The van der Waals surface area contributed by atoms with Crippen molar-refractivity contribution >= 4 is 15.5 Å². The van der Waals surface area contributed by atoms with Crippen molar-refractivity contribution in [2.45, 2.75) is 50.1 Å². The summed E-state index contributed by atoms with van der Waals surface area (Å²) in [5, 5.41) is 3.46. The van der Waals surface area contributed by atoms with Crippen molar-refractivity contribution in [1.29, 1.82) is 0 Å². The number of hydrogen-bond donors (Lipinski definition) is 1. The van der Waals surface area contributed by atoms with Crippen LogP contribution in [0.25, 0.3) is 0 Å². The van der Waals surface area contributed by atoms with Gasteiger partial charge in [-0.2, -0.15) is 0 Å². The Kier molecular flexibility index (Phi) is 5.27. The zero-order valence-corrected chi connectivity index (χ0v) is 14.0. The van der Waals surface area contributed by atoms with Crippen molar-refractivity contribution in [1.82, 2.24) is 4.90 Å². The summed E-state index contributed by atoms with van der Waals surface area (Å²) in [6, 6.07) is 8.15. The van der Waals surface area contributed by atoms with Gasteiger partial charge in [0.1, 0.15) is 0 Å². The molecule has 1 N–H and O–H groups in total. The molecule has 1 aliphatic rings. The predicted molar refractivity (Wildman–Crippen MR) is 87.5 cm³/mol. The molecular weight excluding hydrogens is 284 g/mol. The van der Waals surface area contributed by atoms with Gasteiger partial charge in [-0.05, 0) is 45.4 Å². The van der Waals surface area contributed by atoms with Gasteiger partial charge in [-0.25, -0.2) is 8.42 Å². The maximum atomic E-state index is 12.4. The van der Waals surface area contributed by atoms with Crippen LogP contribution < -0.4 is 5.32 Å². The van der Waals surface area contributed by atoms with Gasteiger partial charge in [0.05, 0.1) is 16.3 Å². The van der Waals surface area contributed by atoms with Gasteiger partial charge in [0.15, 0.2) is 9.84 Å². The minimum absolute atomic E-state index is 0.204. The third kappa shape index (κ3) is 3.98. The summed E-state index contributed by atoms with van der Waals surface area (Å²) in [5.74, 6) is 0.204. The number of hydrogen-bond acceptors (Lipinski definition) is 4. The van der Waals surface area contributed by atoms with Crippen LogP contribution in [0, 0.1) is 0 Å². The molecule has 1 fully saturated rings. The monoisotopic (exact) mass is 310 g/mol. The van der Waals surface area contributed by atoms with Gasteiger partial charge in [0.25, 0.3) is 0 Å². The van der Waals surface area contributed by atoms with Crippen molar-refractivity contribution in [3.05, 3.63) is 24.3 Å². The van der Waals surface area contributed by atoms with Crippen LogP contribution in [0.4, 0.5) is 5.69 Å². The highest BCUT2D eigenvalue weighted by atomic mass is 32.2. The largest absolute Gasteiger partial charge is 0.381 e. The second-order valence-electron chi connectivity index (χ2n) is 6.01. The Morgan fingerprint density at radius 1 is 1.33 bits per heavy atom. The van der Waals surface area contributed by atoms with E-state index in [1.165, 1.54) is 0 Å². The van der Waals surface area contributed by atoms with Crippen LogP contribution in [-0.2, 0) is 9.84 Å². The summed E-state index contributed by atoms with van der Waals surface area (Å²) in [6.07, 6.45) is 2.73. The number of likely N-dealkylation sites (tertiary alicyclic amines) is 1. The van der Waals surface area contributed by atoms with Crippen molar-refractivity contribution in [3.63, 3.8) is 0 Å². The first-order valence-corrected chi connectivity index (χ1v) is 9.38. The second-order valence-corrected chi connectivity index (χ2v) is 8.09. The van der Waals surface area contributed by atoms with E-state index in [-0.39, 0.29) is 5.75 Å². The quantitative estimate of drug-likeness (QED) is 0.908. The Labute approximate surface area is 128 Å². The average Bonchev–Trinajstić information content (AvgIpc) is 2.43. The highest BCUT2D eigenvalue weighted by molar-refractivity contribution is 7.91. The van der Waals surface area contributed by atoms with Gasteiger partial charge in [0.2, 0.25) is 0 Å². The SMILES string of the molecule is CCCS(=O)(=O)c1ccccc1NC1CCN(C)C(C)C1. The zero-order valence-electron chi connectivity index (χ0n) is 13.2. The molecule has 118 valence electrons. The number of anilines is 1. The molecule has 1 heterocycles. The van der Waals surface area contributed by atoms with E-state index in [0.29, 0.717) is 23.4 Å². The number of benzene rings is 1. The molecule has 1 aromatic carbocycles. The molecule has 2 rings (SSSR count). The minimum atomic E-state index is -3.19. The van der Waals surface area contributed by atoms with Gasteiger partial charge >= 0.3 is 0 Å². The van der Waals surface area contributed by atoms with Crippen molar-refractivity contribution in [2.75, 3.05) is 24.7 Å². The van der Waals surface area contributed by atoms with Crippen LogP contribution in [0.2, 0.25) is 0 Å². The standard InChI is InChI=1S/C16H26N2O2S/c1-4-11-21(19,20)16-8-6-5-7-15(16)17-14-9-10-18(3)13(2)12-14/h5-8,13-14,17H,4,9-12H2,1-3H3. The number of sulfone groups is 1. The number of nitrogens with one attached hydrogen (secondary N) is 1. The maximum Gasteiger partial charge on any atom is 0.180 e. The summed E-state index contributed by atoms with van der Waals surface area (Å²) >= 11 is 0. The van der Waals surface area contributed by atoms with E-state index in [2.05, 4.69) is 24.2 Å². The topological polar surface area (TPSA) is 49.4 Å². The lowest BCUT2D eigenvalue weighted by Crippen LogP contribution is -2.42. The van der Waals surface area contributed by atoms with E-state index in [1.807, 2.05) is 19.1 Å². The number of rotatable bonds is 5. The van der Waals surface area contributed by atoms with E-state index in [1.54, 1.807) is 12.1 Å². The number of para-hydroxylation sites is 1. The van der Waals surface area contributed by atoms with Gasteiger partial charge < -0.3 is 10.2 Å². The Balaban J connectivity index is 2.18. The summed E-state index contributed by atoms with van der Waals surface area (Å²) in [7, 11) is -1.05. The molecule has 5 heteroatoms. The van der Waals surface area contributed by atoms with E-state index in [9.17, 15) is 8.42 Å². The van der Waals surface area contributed by atoms with Crippen molar-refractivity contribution in [3.8, 4) is 0 Å². The molecule has 0 radical (unpaired) electrons. The fourth-order valence-electron chi connectivity index (χ4n) is 2.88. The molecule has 21 heavy (non-hydrogen) atoms. The lowest BCUT2D eigenvalue weighted by molar-refractivity contribution is 0.190. The van der Waals surface area contributed by atoms with Gasteiger partial charge in [0, 0.05) is 18.6 Å². The molecule has 0 saturated carbocycles. The van der Waals surface area contributed by atoms with Crippen LogP contribution in [0.3, 0.4) is 0 Å². The molecule has 1 aliphatic heterocycles. The van der Waals surface area contributed by atoms with Crippen LogP contribution in [0.1, 0.15) is 33.1 Å². The predicted octanol–water partition coefficient (Wildman–Crippen LogP) is 2.76. The van der Waals surface area contributed by atoms with E-state index >= 15 is 0 Å². The van der Waals surface area contributed by atoms with Crippen LogP contribution in [0.5, 0.6) is 0 Å². The lowest BCUT2D eigenvalue weighted by Gasteiger charge is -2.36. The first-order chi connectivity index (χ1) is 9.94. The molecule has 2 unspecified atom stereocenters. The molecule has 0 aliphatic carbocycles. The third-order valence-electron chi connectivity index (χ3n) is 4.26. The first kappa shape index (κ1) is 16.3. The van der Waals surface area contributed by atoms with E-state index in [4.69, 9.17) is 0 Å². The molecule has 0 aromatic heterocycles. The van der Waals surface area contributed by atoms with Crippen molar-refractivity contribution in [2.24, 2.45) is 0 Å². The van der Waals surface area contributed by atoms with Gasteiger partial charge in [-0.3, -0.25) is 0 Å². The van der Waals surface area contributed by atoms with Crippen LogP contribution in [-0.4, -0.2) is 44.7 Å². The fourth-order valence-corrected chi connectivity index (χ4v) is 4.38. The third-order valence-corrected chi connectivity index (χ3v) is 6.23. The molecule has 0 spiro atoms. The highest BCUT2D eigenvalue weighted by Gasteiger charge is 2.24. The zero-order chi connectivity index (χ0) is 15.5. The summed E-state index contributed by atoms with van der Waals surface area (Å²) in [6.45, 7) is 5.16. The maximum absolute atomic E-state index is 12.4. The fraction of sp³-hybridized carbons (Fsp3) is 0.625. The normalized spacial score (nSPS) is 24.0. The van der Waals surface area contributed by atoms with Crippen LogP contribution in [0.15, 0.2) is 29.2 Å². The van der Waals surface area contributed by atoms with Gasteiger partial charge in [-0.1, -0.05) is 19.1 Å². The Hall–Kier alpha value is -1.07. The van der Waals surface area contributed by atoms with Crippen LogP contribution >= 0.6 is 0 Å².